The van der Waals surface area contributed by atoms with E-state index in [-0.39, 0.29) is 41.9 Å². The van der Waals surface area contributed by atoms with Crippen LogP contribution >= 0.6 is 15.9 Å². The molecule has 0 saturated heterocycles. The van der Waals surface area contributed by atoms with Gasteiger partial charge in [-0.05, 0) is 26.0 Å². The predicted octanol–water partition coefficient (Wildman–Crippen LogP) is 2.11. The van der Waals surface area contributed by atoms with E-state index in [2.05, 4.69) is 26.2 Å². The molecule has 7 heteroatoms. The van der Waals surface area contributed by atoms with Crippen molar-refractivity contribution in [3.05, 3.63) is 76.7 Å². The van der Waals surface area contributed by atoms with Crippen LogP contribution in [0.3, 0.4) is 0 Å². The number of carbonyl (C=O) groups is 3. The van der Waals surface area contributed by atoms with Gasteiger partial charge in [0.15, 0.2) is 11.6 Å². The van der Waals surface area contributed by atoms with Crippen molar-refractivity contribution in [3.63, 3.8) is 0 Å². The number of Topliss-reactive ketones (excluding diaryl/α,β-unsaturated/α-hetero) is 2. The molecule has 0 N–H and O–H groups in total. The number of pyridine rings is 1. The van der Waals surface area contributed by atoms with Gasteiger partial charge in [0.1, 0.15) is 5.92 Å². The SMILES string of the molecule is CC(C)(Br)C(=O)[N-]c1ccc2c(c1)C(=O)C(c1ccc3ccccc3n1)C2=O.[Li+]. The van der Waals surface area contributed by atoms with Gasteiger partial charge in [0.25, 0.3) is 0 Å². The topological polar surface area (TPSA) is 78.2 Å². The van der Waals surface area contributed by atoms with Crippen LogP contribution in [0.1, 0.15) is 46.2 Å². The number of para-hydroxylation sites is 1. The molecule has 0 saturated carbocycles. The second-order valence-electron chi connectivity index (χ2n) is 7.21. The van der Waals surface area contributed by atoms with Crippen molar-refractivity contribution < 1.29 is 33.2 Å². The van der Waals surface area contributed by atoms with Gasteiger partial charge in [-0.25, -0.2) is 0 Å². The number of fused-ring (bicyclic) bond motifs is 2. The van der Waals surface area contributed by atoms with Gasteiger partial charge in [-0.3, -0.25) is 14.6 Å². The van der Waals surface area contributed by atoms with E-state index in [0.717, 1.165) is 10.9 Å². The van der Waals surface area contributed by atoms with Gasteiger partial charge >= 0.3 is 18.9 Å². The maximum Gasteiger partial charge on any atom is 1.00 e. The Morgan fingerprint density at radius 1 is 1.00 bits per heavy atom. The number of carbonyl (C=O) groups excluding carboxylic acids is 3. The summed E-state index contributed by atoms with van der Waals surface area (Å²) in [6, 6.07) is 15.8. The Morgan fingerprint density at radius 3 is 2.41 bits per heavy atom. The number of nitrogens with zero attached hydrogens (tertiary/aromatic N) is 2. The first kappa shape index (κ1) is 21.4. The molecule has 1 amide bonds. The van der Waals surface area contributed by atoms with E-state index in [1.807, 2.05) is 30.3 Å². The van der Waals surface area contributed by atoms with Crippen LogP contribution in [0.2, 0.25) is 0 Å². The van der Waals surface area contributed by atoms with E-state index >= 15 is 0 Å². The first-order chi connectivity index (χ1) is 13.3. The molecule has 0 fully saturated rings. The van der Waals surface area contributed by atoms with Crippen molar-refractivity contribution in [1.82, 2.24) is 4.98 Å². The maximum absolute atomic E-state index is 13.0. The average Bonchev–Trinajstić information content (AvgIpc) is 2.91. The molecular formula is C22H16BrLiN2O3. The molecule has 1 aliphatic carbocycles. The molecule has 2 aromatic carbocycles. The molecule has 0 aliphatic heterocycles. The van der Waals surface area contributed by atoms with Crippen LogP contribution in [0.4, 0.5) is 5.69 Å². The van der Waals surface area contributed by atoms with Crippen molar-refractivity contribution >= 4 is 50.0 Å². The molecule has 3 aromatic rings. The third-order valence-electron chi connectivity index (χ3n) is 4.71. The number of halogens is 1. The second kappa shape index (κ2) is 7.87. The molecule has 1 aromatic heterocycles. The van der Waals surface area contributed by atoms with E-state index in [1.54, 1.807) is 32.0 Å². The molecule has 5 nitrogen and oxygen atoms in total. The molecule has 1 unspecified atom stereocenters. The van der Waals surface area contributed by atoms with Crippen LogP contribution in [0.15, 0.2) is 54.6 Å². The van der Waals surface area contributed by atoms with Gasteiger partial charge in [0.05, 0.1) is 21.4 Å². The van der Waals surface area contributed by atoms with Crippen molar-refractivity contribution in [2.45, 2.75) is 24.1 Å². The summed E-state index contributed by atoms with van der Waals surface area (Å²) in [6.07, 6.45) is 0. The largest absolute Gasteiger partial charge is 1.00 e. The molecule has 1 atom stereocenters. The number of alkyl halides is 1. The van der Waals surface area contributed by atoms with Crippen LogP contribution in [0, 0.1) is 0 Å². The Kier molecular flexibility index (Phi) is 5.82. The molecule has 1 heterocycles. The quantitative estimate of drug-likeness (QED) is 0.353. The predicted molar refractivity (Wildman–Crippen MR) is 111 cm³/mol. The number of ketones is 2. The summed E-state index contributed by atoms with van der Waals surface area (Å²) < 4.78 is -0.802. The molecular weight excluding hydrogens is 427 g/mol. The average molecular weight is 443 g/mol. The number of aromatic nitrogens is 1. The third kappa shape index (κ3) is 3.93. The molecule has 0 radical (unpaired) electrons. The van der Waals surface area contributed by atoms with Gasteiger partial charge in [-0.15, -0.1) is 5.69 Å². The summed E-state index contributed by atoms with van der Waals surface area (Å²) in [5.74, 6) is -1.91. The molecule has 4 rings (SSSR count). The maximum atomic E-state index is 13.0. The Balaban J connectivity index is 0.00000240. The Hall–Kier alpha value is -2.26. The van der Waals surface area contributed by atoms with Crippen LogP contribution in [0.5, 0.6) is 0 Å². The minimum atomic E-state index is -0.960. The van der Waals surface area contributed by atoms with E-state index < -0.39 is 10.2 Å². The van der Waals surface area contributed by atoms with Gasteiger partial charge in [-0.1, -0.05) is 58.4 Å². The number of hydrogen-bond acceptors (Lipinski definition) is 4. The van der Waals surface area contributed by atoms with Crippen LogP contribution < -0.4 is 18.9 Å². The molecule has 0 spiro atoms. The van der Waals surface area contributed by atoms with Crippen LogP contribution in [-0.2, 0) is 4.79 Å². The molecule has 140 valence electrons. The summed E-state index contributed by atoms with van der Waals surface area (Å²) >= 11 is 3.27. The molecule has 1 aliphatic rings. The summed E-state index contributed by atoms with van der Waals surface area (Å²) in [5, 5.41) is 4.98. The van der Waals surface area contributed by atoms with E-state index in [4.69, 9.17) is 0 Å². The number of rotatable bonds is 3. The molecule has 0 bridgehead atoms. The fraction of sp³-hybridized carbons (Fsp3) is 0.182. The number of hydrogen-bond donors (Lipinski definition) is 0. The fourth-order valence-electron chi connectivity index (χ4n) is 3.21. The number of amides is 1. The first-order valence-corrected chi connectivity index (χ1v) is 9.58. The molecule has 29 heavy (non-hydrogen) atoms. The summed E-state index contributed by atoms with van der Waals surface area (Å²) in [4.78, 5) is 42.5. The van der Waals surface area contributed by atoms with Gasteiger partial charge in [0, 0.05) is 16.5 Å². The van der Waals surface area contributed by atoms with E-state index in [1.165, 1.54) is 6.07 Å². The zero-order valence-electron chi connectivity index (χ0n) is 16.3. The summed E-state index contributed by atoms with van der Waals surface area (Å²) in [5.41, 5.74) is 2.14. The normalized spacial score (nSPS) is 15.8. The minimum absolute atomic E-state index is 0. The summed E-state index contributed by atoms with van der Waals surface area (Å²) in [7, 11) is 0. The second-order valence-corrected chi connectivity index (χ2v) is 9.19. The standard InChI is InChI=1S/C22H17BrN2O3.Li/c1-22(2,23)21(28)24-13-8-9-14-15(11-13)20(27)18(19(14)26)17-10-7-12-5-3-4-6-16(12)25-17;/h3-11,18H,1-2H3,(H,24,26,28);/q;+1/p-1. The van der Waals surface area contributed by atoms with E-state index in [9.17, 15) is 14.4 Å². The fourth-order valence-corrected chi connectivity index (χ4v) is 3.30. The van der Waals surface area contributed by atoms with Gasteiger partial charge in [-0.2, -0.15) is 0 Å². The smallest absolute Gasteiger partial charge is 0.626 e. The summed E-state index contributed by atoms with van der Waals surface area (Å²) in [6.45, 7) is 3.39. The van der Waals surface area contributed by atoms with Gasteiger partial charge in [0.2, 0.25) is 0 Å². The monoisotopic (exact) mass is 442 g/mol. The Labute approximate surface area is 188 Å². The Bertz CT molecular complexity index is 1150. The Morgan fingerprint density at radius 2 is 1.69 bits per heavy atom. The van der Waals surface area contributed by atoms with E-state index in [0.29, 0.717) is 16.9 Å². The van der Waals surface area contributed by atoms with Crippen molar-refractivity contribution in [2.75, 3.05) is 0 Å². The number of benzene rings is 2. The van der Waals surface area contributed by atoms with Crippen molar-refractivity contribution in [1.29, 1.82) is 0 Å². The van der Waals surface area contributed by atoms with Crippen molar-refractivity contribution in [2.24, 2.45) is 0 Å². The van der Waals surface area contributed by atoms with Gasteiger partial charge < -0.3 is 10.1 Å². The third-order valence-corrected chi connectivity index (χ3v) is 5.05. The zero-order chi connectivity index (χ0) is 20.1. The van der Waals surface area contributed by atoms with Crippen molar-refractivity contribution in [3.8, 4) is 0 Å². The first-order valence-electron chi connectivity index (χ1n) is 8.79. The minimum Gasteiger partial charge on any atom is -0.626 e. The zero-order valence-corrected chi connectivity index (χ0v) is 17.9. The van der Waals surface area contributed by atoms with Crippen LogP contribution in [-0.4, -0.2) is 26.8 Å². The van der Waals surface area contributed by atoms with Crippen LogP contribution in [0.25, 0.3) is 16.2 Å².